The first-order chi connectivity index (χ1) is 9.35. The second-order valence-electron chi connectivity index (χ2n) is 4.35. The Hall–Kier alpha value is -2.50. The molecule has 6 nitrogen and oxygen atoms in total. The summed E-state index contributed by atoms with van der Waals surface area (Å²) in [6, 6.07) is 3.43. The van der Waals surface area contributed by atoms with Crippen molar-refractivity contribution in [3.8, 4) is 11.5 Å². The highest BCUT2D eigenvalue weighted by atomic mass is 16.5. The van der Waals surface area contributed by atoms with Crippen LogP contribution in [0.15, 0.2) is 30.4 Å². The molecule has 1 aromatic carbocycles. The minimum atomic E-state index is -1.15. The third-order valence-electron chi connectivity index (χ3n) is 2.68. The first kappa shape index (κ1) is 15.6. The molecule has 0 aromatic heterocycles. The lowest BCUT2D eigenvalue weighted by molar-refractivity contribution is -0.141. The molecule has 0 heterocycles. The first-order valence-electron chi connectivity index (χ1n) is 5.90. The van der Waals surface area contributed by atoms with Crippen LogP contribution in [0, 0.1) is 0 Å². The van der Waals surface area contributed by atoms with Crippen LogP contribution in [-0.2, 0) is 16.0 Å². The zero-order valence-electron chi connectivity index (χ0n) is 11.3. The molecule has 1 amide bonds. The van der Waals surface area contributed by atoms with E-state index in [0.29, 0.717) is 5.56 Å². The van der Waals surface area contributed by atoms with Gasteiger partial charge in [-0.05, 0) is 24.6 Å². The third kappa shape index (κ3) is 4.01. The van der Waals surface area contributed by atoms with Crippen molar-refractivity contribution in [2.24, 2.45) is 0 Å². The van der Waals surface area contributed by atoms with Gasteiger partial charge in [0.25, 0.3) is 0 Å². The molecule has 20 heavy (non-hydrogen) atoms. The van der Waals surface area contributed by atoms with E-state index in [2.05, 4.69) is 11.9 Å². The second-order valence-corrected chi connectivity index (χ2v) is 4.35. The number of nitrogens with one attached hydrogen (secondary N) is 1. The van der Waals surface area contributed by atoms with Crippen LogP contribution in [0.4, 0.5) is 0 Å². The van der Waals surface area contributed by atoms with E-state index in [1.165, 1.54) is 26.2 Å². The van der Waals surface area contributed by atoms with E-state index >= 15 is 0 Å². The van der Waals surface area contributed by atoms with Crippen molar-refractivity contribution in [3.63, 3.8) is 0 Å². The number of benzene rings is 1. The van der Waals surface area contributed by atoms with Gasteiger partial charge in [-0.2, -0.15) is 0 Å². The van der Waals surface area contributed by atoms with Gasteiger partial charge in [-0.25, -0.2) is 4.79 Å². The third-order valence-corrected chi connectivity index (χ3v) is 2.68. The van der Waals surface area contributed by atoms with E-state index in [1.807, 2.05) is 0 Å². The Kier molecular flexibility index (Phi) is 5.14. The van der Waals surface area contributed by atoms with E-state index < -0.39 is 17.9 Å². The van der Waals surface area contributed by atoms with Crippen LogP contribution in [-0.4, -0.2) is 35.2 Å². The quantitative estimate of drug-likeness (QED) is 0.677. The summed E-state index contributed by atoms with van der Waals surface area (Å²) in [6.07, 6.45) is 0.0744. The van der Waals surface area contributed by atoms with Crippen molar-refractivity contribution in [2.75, 3.05) is 7.11 Å². The van der Waals surface area contributed by atoms with Gasteiger partial charge in [-0.3, -0.25) is 4.79 Å². The van der Waals surface area contributed by atoms with Crippen molar-refractivity contribution < 1.29 is 24.5 Å². The molecule has 0 bridgehead atoms. The predicted molar refractivity (Wildman–Crippen MR) is 72.7 cm³/mol. The standard InChI is InChI=1S/C14H17NO5/c1-8(2)13(17)15-10(14(18)19)6-9-4-5-11(16)12(7-9)20-3/h4-5,7,10,16H,1,6H2,2-3H3,(H,15,17)(H,18,19). The number of ether oxygens (including phenoxy) is 1. The molecular weight excluding hydrogens is 262 g/mol. The summed E-state index contributed by atoms with van der Waals surface area (Å²) in [4.78, 5) is 22.6. The molecule has 108 valence electrons. The number of carboxylic acids is 1. The van der Waals surface area contributed by atoms with Crippen molar-refractivity contribution >= 4 is 11.9 Å². The molecule has 3 N–H and O–H groups in total. The van der Waals surface area contributed by atoms with Crippen LogP contribution in [0.25, 0.3) is 0 Å². The summed E-state index contributed by atoms with van der Waals surface area (Å²) in [5.74, 6) is -1.44. The summed E-state index contributed by atoms with van der Waals surface area (Å²) in [5.41, 5.74) is 0.855. The maximum Gasteiger partial charge on any atom is 0.326 e. The Labute approximate surface area is 116 Å². The van der Waals surface area contributed by atoms with Gasteiger partial charge in [0.05, 0.1) is 7.11 Å². The van der Waals surface area contributed by atoms with E-state index in [4.69, 9.17) is 9.84 Å². The van der Waals surface area contributed by atoms with Gasteiger partial charge in [0.15, 0.2) is 11.5 Å². The maximum atomic E-state index is 11.5. The predicted octanol–water partition coefficient (Wildman–Crippen LogP) is 1.09. The molecular formula is C14H17NO5. The lowest BCUT2D eigenvalue weighted by Gasteiger charge is -2.15. The van der Waals surface area contributed by atoms with Crippen LogP contribution in [0.3, 0.4) is 0 Å². The van der Waals surface area contributed by atoms with Gasteiger partial charge in [0.2, 0.25) is 5.91 Å². The molecule has 0 spiro atoms. The number of amides is 1. The average molecular weight is 279 g/mol. The summed E-state index contributed by atoms with van der Waals surface area (Å²) in [5, 5.41) is 21.0. The Morgan fingerprint density at radius 1 is 1.45 bits per heavy atom. The number of hydrogen-bond donors (Lipinski definition) is 3. The lowest BCUT2D eigenvalue weighted by atomic mass is 10.0. The highest BCUT2D eigenvalue weighted by molar-refractivity contribution is 5.94. The van der Waals surface area contributed by atoms with Gasteiger partial charge in [0, 0.05) is 12.0 Å². The molecule has 1 aromatic rings. The lowest BCUT2D eigenvalue weighted by Crippen LogP contribution is -2.42. The molecule has 0 saturated heterocycles. The molecule has 0 aliphatic heterocycles. The SMILES string of the molecule is C=C(C)C(=O)NC(Cc1ccc(O)c(OC)c1)C(=O)O. The zero-order valence-corrected chi connectivity index (χ0v) is 11.3. The Balaban J connectivity index is 2.88. The molecule has 1 atom stereocenters. The van der Waals surface area contributed by atoms with Crippen molar-refractivity contribution in [3.05, 3.63) is 35.9 Å². The number of aromatic hydroxyl groups is 1. The molecule has 0 fully saturated rings. The molecule has 0 aliphatic rings. The number of hydrogen-bond acceptors (Lipinski definition) is 4. The van der Waals surface area contributed by atoms with E-state index in [9.17, 15) is 14.7 Å². The molecule has 1 unspecified atom stereocenters. The van der Waals surface area contributed by atoms with Gasteiger partial charge in [0.1, 0.15) is 6.04 Å². The van der Waals surface area contributed by atoms with E-state index in [0.717, 1.165) is 0 Å². The van der Waals surface area contributed by atoms with Gasteiger partial charge < -0.3 is 20.3 Å². The van der Waals surface area contributed by atoms with Crippen molar-refractivity contribution in [1.82, 2.24) is 5.32 Å². The number of methoxy groups -OCH3 is 1. The summed E-state index contributed by atoms with van der Waals surface area (Å²) in [6.45, 7) is 4.95. The highest BCUT2D eigenvalue weighted by Gasteiger charge is 2.21. The molecule has 6 heteroatoms. The van der Waals surface area contributed by atoms with E-state index in [1.54, 1.807) is 6.07 Å². The Morgan fingerprint density at radius 2 is 2.10 bits per heavy atom. The normalized spacial score (nSPS) is 11.5. The van der Waals surface area contributed by atoms with Crippen LogP contribution < -0.4 is 10.1 Å². The number of aliphatic carboxylic acids is 1. The van der Waals surface area contributed by atoms with E-state index in [-0.39, 0.29) is 23.5 Å². The monoisotopic (exact) mass is 279 g/mol. The van der Waals surface area contributed by atoms with Crippen molar-refractivity contribution in [2.45, 2.75) is 19.4 Å². The van der Waals surface area contributed by atoms with Gasteiger partial charge in [-0.1, -0.05) is 12.6 Å². The Morgan fingerprint density at radius 3 is 2.60 bits per heavy atom. The number of phenols is 1. The summed E-state index contributed by atoms with van der Waals surface area (Å²) in [7, 11) is 1.40. The first-order valence-corrected chi connectivity index (χ1v) is 5.90. The van der Waals surface area contributed by atoms with Crippen LogP contribution in [0.2, 0.25) is 0 Å². The fourth-order valence-electron chi connectivity index (χ4n) is 1.57. The minimum Gasteiger partial charge on any atom is -0.504 e. The minimum absolute atomic E-state index is 0.0332. The fourth-order valence-corrected chi connectivity index (χ4v) is 1.57. The number of carboxylic acid groups (broad SMARTS) is 1. The molecule has 0 aliphatic carbocycles. The number of phenolic OH excluding ortho intramolecular Hbond substituents is 1. The molecule has 0 saturated carbocycles. The molecule has 0 radical (unpaired) electrons. The number of carbonyl (C=O) groups excluding carboxylic acids is 1. The largest absolute Gasteiger partial charge is 0.504 e. The summed E-state index contributed by atoms with van der Waals surface area (Å²) >= 11 is 0. The fraction of sp³-hybridized carbons (Fsp3) is 0.286. The van der Waals surface area contributed by atoms with Crippen LogP contribution in [0.5, 0.6) is 11.5 Å². The second kappa shape index (κ2) is 6.60. The van der Waals surface area contributed by atoms with Gasteiger partial charge in [-0.15, -0.1) is 0 Å². The Bertz CT molecular complexity index is 538. The maximum absolute atomic E-state index is 11.5. The summed E-state index contributed by atoms with van der Waals surface area (Å²) < 4.78 is 4.95. The van der Waals surface area contributed by atoms with Crippen LogP contribution >= 0.6 is 0 Å². The average Bonchev–Trinajstić information content (AvgIpc) is 2.39. The van der Waals surface area contributed by atoms with Gasteiger partial charge >= 0.3 is 5.97 Å². The zero-order chi connectivity index (χ0) is 15.3. The molecule has 1 rings (SSSR count). The van der Waals surface area contributed by atoms with Crippen LogP contribution in [0.1, 0.15) is 12.5 Å². The number of carbonyl (C=O) groups is 2. The topological polar surface area (TPSA) is 95.9 Å². The number of rotatable bonds is 6. The smallest absolute Gasteiger partial charge is 0.326 e. The highest BCUT2D eigenvalue weighted by Crippen LogP contribution is 2.26. The van der Waals surface area contributed by atoms with Crippen molar-refractivity contribution in [1.29, 1.82) is 0 Å².